The summed E-state index contributed by atoms with van der Waals surface area (Å²) in [6.07, 6.45) is 8.05. The topological polar surface area (TPSA) is 0 Å². The van der Waals surface area contributed by atoms with Gasteiger partial charge in [-0.3, -0.25) is 0 Å². The van der Waals surface area contributed by atoms with Gasteiger partial charge in [-0.25, -0.2) is 0 Å². The second-order valence-corrected chi connectivity index (χ2v) is 26.6. The molecule has 0 spiro atoms. The molecule has 0 amide bonds. The normalized spacial score (nSPS) is 15.8. The maximum atomic E-state index is 2.69. The second kappa shape index (κ2) is 10.7. The molecule has 0 fully saturated rings. The van der Waals surface area contributed by atoms with E-state index in [1.54, 1.807) is 35.8 Å². The van der Waals surface area contributed by atoms with Gasteiger partial charge >= 0.3 is 256 Å². The van der Waals surface area contributed by atoms with Crippen LogP contribution in [0.25, 0.3) is 16.7 Å². The molecule has 2 aliphatic rings. The molecule has 0 saturated heterocycles. The SMILES string of the molecule is C[Si](C)(C)c1cc(C2=CC=CC2)c2c(c1[Si](C)(C)C)-c1ccccc1[CH]2[Zr]=[C](c1ccccc1)c1ccccc1. The van der Waals surface area contributed by atoms with Crippen LogP contribution in [-0.4, -0.2) is 19.4 Å². The minimum absolute atomic E-state index is 0.493. The predicted octanol–water partition coefficient (Wildman–Crippen LogP) is 8.54. The monoisotopic (exact) mass is 629 g/mol. The van der Waals surface area contributed by atoms with Gasteiger partial charge in [0.15, 0.2) is 0 Å². The molecule has 2 aliphatic carbocycles. The first-order valence-corrected chi connectivity index (χ1v) is 24.2. The van der Waals surface area contributed by atoms with Crippen molar-refractivity contribution < 1.29 is 22.8 Å². The predicted molar refractivity (Wildman–Crippen MR) is 178 cm³/mol. The van der Waals surface area contributed by atoms with Gasteiger partial charge in [-0.05, 0) is 0 Å². The van der Waals surface area contributed by atoms with Crippen molar-refractivity contribution in [3.8, 4) is 11.1 Å². The number of rotatable bonds is 6. The minimum atomic E-state index is -1.66. The van der Waals surface area contributed by atoms with Crippen molar-refractivity contribution >= 4 is 35.3 Å². The molecular formula is C37H39Si2Zr. The molecule has 0 N–H and O–H groups in total. The Bertz CT molecular complexity index is 1620. The molecule has 4 aromatic carbocycles. The van der Waals surface area contributed by atoms with Gasteiger partial charge in [0, 0.05) is 0 Å². The van der Waals surface area contributed by atoms with Crippen LogP contribution in [0.3, 0.4) is 0 Å². The van der Waals surface area contributed by atoms with Crippen molar-refractivity contribution in [1.29, 1.82) is 0 Å². The Balaban J connectivity index is 1.73. The number of benzene rings is 4. The van der Waals surface area contributed by atoms with Crippen molar-refractivity contribution in [2.24, 2.45) is 0 Å². The summed E-state index contributed by atoms with van der Waals surface area (Å²) in [7, 11) is -3.26. The van der Waals surface area contributed by atoms with E-state index < -0.39 is 38.9 Å². The first kappa shape index (κ1) is 27.7. The van der Waals surface area contributed by atoms with Gasteiger partial charge in [0.25, 0.3) is 0 Å². The van der Waals surface area contributed by atoms with Crippen molar-refractivity contribution in [2.75, 3.05) is 0 Å². The molecule has 0 bridgehead atoms. The zero-order valence-corrected chi connectivity index (χ0v) is 29.1. The summed E-state index contributed by atoms with van der Waals surface area (Å²) in [5.41, 5.74) is 12.2. The Labute approximate surface area is 254 Å². The Morgan fingerprint density at radius 3 is 1.85 bits per heavy atom. The Morgan fingerprint density at radius 1 is 0.700 bits per heavy atom. The maximum absolute atomic E-state index is 2.69. The number of hydrogen-bond acceptors (Lipinski definition) is 0. The molecule has 4 aromatic rings. The van der Waals surface area contributed by atoms with E-state index in [0.29, 0.717) is 3.63 Å². The van der Waals surface area contributed by atoms with Crippen LogP contribution in [0.4, 0.5) is 0 Å². The molecule has 40 heavy (non-hydrogen) atoms. The van der Waals surface area contributed by atoms with Crippen LogP contribution in [0.15, 0.2) is 109 Å². The summed E-state index contributed by atoms with van der Waals surface area (Å²) in [6.45, 7) is 15.4. The van der Waals surface area contributed by atoms with E-state index in [2.05, 4.69) is 149 Å². The van der Waals surface area contributed by atoms with E-state index in [1.807, 2.05) is 0 Å². The number of fused-ring (bicyclic) bond motifs is 3. The van der Waals surface area contributed by atoms with E-state index in [4.69, 9.17) is 0 Å². The van der Waals surface area contributed by atoms with Crippen LogP contribution in [0.2, 0.25) is 39.3 Å². The molecule has 0 nitrogen and oxygen atoms in total. The van der Waals surface area contributed by atoms with Crippen molar-refractivity contribution in [3.63, 3.8) is 0 Å². The molecule has 199 valence electrons. The van der Waals surface area contributed by atoms with E-state index in [-0.39, 0.29) is 0 Å². The number of allylic oxidation sites excluding steroid dienone is 4. The third-order valence-electron chi connectivity index (χ3n) is 8.29. The third-order valence-corrected chi connectivity index (χ3v) is 16.9. The Morgan fingerprint density at radius 2 is 1.30 bits per heavy atom. The average Bonchev–Trinajstić information content (AvgIpc) is 3.58. The fraction of sp³-hybridized carbons (Fsp3) is 0.216. The molecule has 0 aliphatic heterocycles. The zero-order chi connectivity index (χ0) is 28.1. The van der Waals surface area contributed by atoms with Gasteiger partial charge in [0.05, 0.1) is 0 Å². The molecule has 0 radical (unpaired) electrons. The van der Waals surface area contributed by atoms with Gasteiger partial charge in [0.1, 0.15) is 0 Å². The quantitative estimate of drug-likeness (QED) is 0.187. The summed E-state index contributed by atoms with van der Waals surface area (Å²) in [5, 5.41) is 3.44. The average molecular weight is 631 g/mol. The zero-order valence-electron chi connectivity index (χ0n) is 24.7. The van der Waals surface area contributed by atoms with Crippen LogP contribution in [0.5, 0.6) is 0 Å². The fourth-order valence-corrected chi connectivity index (χ4v) is 16.6. The van der Waals surface area contributed by atoms with Crippen molar-refractivity contribution in [3.05, 3.63) is 137 Å². The van der Waals surface area contributed by atoms with E-state index in [9.17, 15) is 0 Å². The van der Waals surface area contributed by atoms with Crippen LogP contribution in [0.1, 0.15) is 37.9 Å². The molecule has 0 saturated carbocycles. The molecule has 3 heteroatoms. The molecule has 0 heterocycles. The summed E-state index contributed by atoms with van der Waals surface area (Å²) in [6, 6.07) is 34.6. The summed E-state index contributed by atoms with van der Waals surface area (Å²) in [4.78, 5) is 0. The van der Waals surface area contributed by atoms with Crippen molar-refractivity contribution in [2.45, 2.75) is 49.3 Å². The molecule has 0 aromatic heterocycles. The Hall–Kier alpha value is -2.45. The first-order chi connectivity index (χ1) is 19.1. The standard InChI is InChI=1S/C24H29Si2.C13H10.Zr/c1-25(2,3)22-16-20(17-11-7-8-12-17)21-15-18-13-9-10-14-19(18)23(21)24(22)26(4,5)6;1-3-7-12(8-4-1)11-13-9-5-2-6-10-13;/h7-11,13-16H,12H2,1-6H3;1-10H;. The summed E-state index contributed by atoms with van der Waals surface area (Å²) < 4.78 is 2.10. The Kier molecular flexibility index (Phi) is 7.44. The molecule has 6 rings (SSSR count). The van der Waals surface area contributed by atoms with E-state index >= 15 is 0 Å². The second-order valence-electron chi connectivity index (χ2n) is 13.2. The van der Waals surface area contributed by atoms with Crippen LogP contribution < -0.4 is 10.4 Å². The molecule has 1 atom stereocenters. The van der Waals surface area contributed by atoms with Gasteiger partial charge in [0.2, 0.25) is 0 Å². The van der Waals surface area contributed by atoms with Gasteiger partial charge in [-0.15, -0.1) is 0 Å². The third kappa shape index (κ3) is 5.06. The van der Waals surface area contributed by atoms with Crippen LogP contribution >= 0.6 is 0 Å². The van der Waals surface area contributed by atoms with Gasteiger partial charge in [-0.2, -0.15) is 0 Å². The fourth-order valence-electron chi connectivity index (χ4n) is 6.53. The number of hydrogen-bond donors (Lipinski definition) is 0. The van der Waals surface area contributed by atoms with E-state index in [0.717, 1.165) is 6.42 Å². The first-order valence-electron chi connectivity index (χ1n) is 14.6. The molecule has 1 unspecified atom stereocenters. The van der Waals surface area contributed by atoms with Crippen LogP contribution in [0, 0.1) is 0 Å². The summed E-state index contributed by atoms with van der Waals surface area (Å²) >= 11 is -1.17. The van der Waals surface area contributed by atoms with Crippen molar-refractivity contribution in [1.82, 2.24) is 0 Å². The van der Waals surface area contributed by atoms with E-state index in [1.165, 1.54) is 22.3 Å². The van der Waals surface area contributed by atoms with Gasteiger partial charge < -0.3 is 0 Å². The van der Waals surface area contributed by atoms with Crippen LogP contribution in [-0.2, 0) is 22.8 Å². The van der Waals surface area contributed by atoms with Gasteiger partial charge in [-0.1, -0.05) is 0 Å². The molecular weight excluding hydrogens is 592 g/mol. The summed E-state index contributed by atoms with van der Waals surface area (Å²) in [5.74, 6) is 0.